The Labute approximate surface area is 114 Å². The van der Waals surface area contributed by atoms with Crippen molar-refractivity contribution in [3.05, 3.63) is 20.9 Å². The lowest BCUT2D eigenvalue weighted by Crippen LogP contribution is -2.22. The summed E-state index contributed by atoms with van der Waals surface area (Å²) in [5.41, 5.74) is -2.79. The zero-order valence-corrected chi connectivity index (χ0v) is 10.6. The second kappa shape index (κ2) is 5.02. The number of nitrogens with zero attached hydrogens (tertiary/aromatic N) is 1. The molecule has 0 atom stereocenters. The third kappa shape index (κ3) is 4.11. The summed E-state index contributed by atoms with van der Waals surface area (Å²) in [6, 6.07) is 0.0399. The van der Waals surface area contributed by atoms with Crippen LogP contribution in [0.3, 0.4) is 0 Å². The van der Waals surface area contributed by atoms with Crippen molar-refractivity contribution in [3.8, 4) is 5.88 Å². The second-order valence-corrected chi connectivity index (χ2v) is 4.05. The summed E-state index contributed by atoms with van der Waals surface area (Å²) in [5, 5.41) is 8.60. The van der Waals surface area contributed by atoms with Gasteiger partial charge in [-0.25, -0.2) is 9.78 Å². The molecule has 0 aliphatic heterocycles. The predicted molar refractivity (Wildman–Crippen MR) is 55.6 cm³/mol. The van der Waals surface area contributed by atoms with Crippen LogP contribution in [0.1, 0.15) is 15.9 Å². The topological polar surface area (TPSA) is 59.4 Å². The summed E-state index contributed by atoms with van der Waals surface area (Å²) in [4.78, 5) is 13.5. The summed E-state index contributed by atoms with van der Waals surface area (Å²) in [5.74, 6) is -3.49. The van der Waals surface area contributed by atoms with E-state index in [1.807, 2.05) is 0 Å². The maximum Gasteiger partial charge on any atom is 0.574 e. The highest BCUT2D eigenvalue weighted by Crippen LogP contribution is 2.38. The van der Waals surface area contributed by atoms with Gasteiger partial charge in [0.15, 0.2) is 0 Å². The highest BCUT2D eigenvalue weighted by atomic mass is 127. The fourth-order valence-electron chi connectivity index (χ4n) is 1.02. The quantitative estimate of drug-likeness (QED) is 0.470. The normalized spacial score (nSPS) is 12.4. The fourth-order valence-corrected chi connectivity index (χ4v) is 1.62. The number of ether oxygens (including phenoxy) is 1. The zero-order chi connectivity index (χ0) is 15.0. The van der Waals surface area contributed by atoms with Gasteiger partial charge in [-0.05, 0) is 28.7 Å². The number of pyridine rings is 1. The number of rotatable bonds is 2. The molecule has 0 saturated carbocycles. The lowest BCUT2D eigenvalue weighted by Gasteiger charge is -2.15. The van der Waals surface area contributed by atoms with Gasteiger partial charge in [0.2, 0.25) is 5.88 Å². The Hall–Kier alpha value is -1.27. The molecule has 0 spiro atoms. The Morgan fingerprint density at radius 1 is 1.26 bits per heavy atom. The van der Waals surface area contributed by atoms with Crippen LogP contribution < -0.4 is 4.74 Å². The van der Waals surface area contributed by atoms with E-state index in [-0.39, 0.29) is 6.07 Å². The largest absolute Gasteiger partial charge is 0.574 e. The average Bonchev–Trinajstić information content (AvgIpc) is 2.11. The lowest BCUT2D eigenvalue weighted by molar-refractivity contribution is -0.277. The van der Waals surface area contributed by atoms with Crippen molar-refractivity contribution >= 4 is 28.6 Å². The van der Waals surface area contributed by atoms with E-state index < -0.39 is 39.2 Å². The molecule has 1 aromatic rings. The van der Waals surface area contributed by atoms with Gasteiger partial charge in [-0.2, -0.15) is 13.2 Å². The molecule has 0 aliphatic carbocycles. The fraction of sp³-hybridized carbons (Fsp3) is 0.250. The minimum Gasteiger partial charge on any atom is -0.478 e. The van der Waals surface area contributed by atoms with Crippen LogP contribution in [-0.4, -0.2) is 22.4 Å². The molecule has 19 heavy (non-hydrogen) atoms. The maximum atomic E-state index is 12.5. The second-order valence-electron chi connectivity index (χ2n) is 3.03. The molecular formula is C8H2F6INO3. The van der Waals surface area contributed by atoms with E-state index in [4.69, 9.17) is 5.11 Å². The smallest absolute Gasteiger partial charge is 0.478 e. The highest BCUT2D eigenvalue weighted by Gasteiger charge is 2.41. The van der Waals surface area contributed by atoms with E-state index in [1.165, 1.54) is 22.6 Å². The number of aromatic nitrogens is 1. The third-order valence-electron chi connectivity index (χ3n) is 1.69. The summed E-state index contributed by atoms with van der Waals surface area (Å²) >= 11 is 1.19. The van der Waals surface area contributed by atoms with Crippen molar-refractivity contribution in [2.24, 2.45) is 0 Å². The molecule has 1 rings (SSSR count). The monoisotopic (exact) mass is 401 g/mol. The van der Waals surface area contributed by atoms with Gasteiger partial charge in [0.1, 0.15) is 9.26 Å². The average molecular weight is 401 g/mol. The van der Waals surface area contributed by atoms with E-state index in [0.717, 1.165) is 0 Å². The Bertz CT molecular complexity index is 512. The number of hydrogen-bond donors (Lipinski definition) is 1. The van der Waals surface area contributed by atoms with Crippen LogP contribution in [0.15, 0.2) is 6.07 Å². The lowest BCUT2D eigenvalue weighted by atomic mass is 10.2. The molecule has 1 heterocycles. The molecule has 4 nitrogen and oxygen atoms in total. The van der Waals surface area contributed by atoms with E-state index in [0.29, 0.717) is 0 Å². The Morgan fingerprint density at radius 2 is 1.79 bits per heavy atom. The van der Waals surface area contributed by atoms with Crippen molar-refractivity contribution in [2.75, 3.05) is 0 Å². The zero-order valence-electron chi connectivity index (χ0n) is 8.43. The van der Waals surface area contributed by atoms with Crippen LogP contribution >= 0.6 is 22.6 Å². The van der Waals surface area contributed by atoms with Crippen LogP contribution in [0.25, 0.3) is 0 Å². The molecular weight excluding hydrogens is 399 g/mol. The minimum atomic E-state index is -5.37. The van der Waals surface area contributed by atoms with Gasteiger partial charge in [-0.15, -0.1) is 13.2 Å². The first kappa shape index (κ1) is 15.8. The first-order valence-electron chi connectivity index (χ1n) is 4.18. The summed E-state index contributed by atoms with van der Waals surface area (Å²) in [6.45, 7) is 0. The predicted octanol–water partition coefficient (Wildman–Crippen LogP) is 3.30. The van der Waals surface area contributed by atoms with Crippen LogP contribution in [0.5, 0.6) is 5.88 Å². The summed E-state index contributed by atoms with van der Waals surface area (Å²) in [6.07, 6.45) is -10.6. The molecule has 11 heteroatoms. The molecule has 0 radical (unpaired) electrons. The number of aromatic carboxylic acids is 1. The van der Waals surface area contributed by atoms with E-state index in [1.54, 1.807) is 0 Å². The SMILES string of the molecule is O=C(O)c1cc(C(F)(F)F)c(OC(F)(F)F)nc1I. The minimum absolute atomic E-state index is 0.0399. The molecule has 0 bridgehead atoms. The van der Waals surface area contributed by atoms with E-state index in [2.05, 4.69) is 9.72 Å². The molecule has 0 aliphatic rings. The Balaban J connectivity index is 3.46. The number of halogens is 7. The molecule has 1 aromatic heterocycles. The van der Waals surface area contributed by atoms with Gasteiger partial charge < -0.3 is 9.84 Å². The van der Waals surface area contributed by atoms with E-state index >= 15 is 0 Å². The molecule has 1 N–H and O–H groups in total. The number of carbonyl (C=O) groups is 1. The molecule has 0 aromatic carbocycles. The first-order valence-corrected chi connectivity index (χ1v) is 5.26. The Morgan fingerprint density at radius 3 is 2.16 bits per heavy atom. The third-order valence-corrected chi connectivity index (χ3v) is 2.51. The highest BCUT2D eigenvalue weighted by molar-refractivity contribution is 14.1. The first-order chi connectivity index (χ1) is 8.42. The Kier molecular flexibility index (Phi) is 4.17. The molecule has 0 saturated heterocycles. The number of hydrogen-bond acceptors (Lipinski definition) is 3. The van der Waals surface area contributed by atoms with Gasteiger partial charge in [0.25, 0.3) is 0 Å². The van der Waals surface area contributed by atoms with Crippen LogP contribution in [-0.2, 0) is 6.18 Å². The summed E-state index contributed by atoms with van der Waals surface area (Å²) in [7, 11) is 0. The molecule has 0 fully saturated rings. The van der Waals surface area contributed by atoms with Gasteiger partial charge in [0, 0.05) is 0 Å². The standard InChI is InChI=1S/C8H2F6INO3/c9-7(10,11)3-1-2(6(17)18)4(15)16-5(3)19-8(12,13)14/h1H,(H,17,18). The maximum absolute atomic E-state index is 12.5. The van der Waals surface area contributed by atoms with Crippen molar-refractivity contribution < 1.29 is 41.0 Å². The molecule has 106 valence electrons. The van der Waals surface area contributed by atoms with Crippen LogP contribution in [0.2, 0.25) is 0 Å². The van der Waals surface area contributed by atoms with Gasteiger partial charge in [-0.3, -0.25) is 0 Å². The van der Waals surface area contributed by atoms with Gasteiger partial charge >= 0.3 is 18.5 Å². The number of alkyl halides is 6. The summed E-state index contributed by atoms with van der Waals surface area (Å²) < 4.78 is 76.0. The molecule has 0 amide bonds. The van der Waals surface area contributed by atoms with Crippen LogP contribution in [0.4, 0.5) is 26.3 Å². The van der Waals surface area contributed by atoms with Crippen molar-refractivity contribution in [1.82, 2.24) is 4.98 Å². The van der Waals surface area contributed by atoms with Crippen molar-refractivity contribution in [1.29, 1.82) is 0 Å². The van der Waals surface area contributed by atoms with Gasteiger partial charge in [-0.1, -0.05) is 0 Å². The van der Waals surface area contributed by atoms with Crippen LogP contribution in [0, 0.1) is 3.70 Å². The number of carboxylic acids is 1. The molecule has 0 unspecified atom stereocenters. The van der Waals surface area contributed by atoms with Crippen molar-refractivity contribution in [3.63, 3.8) is 0 Å². The van der Waals surface area contributed by atoms with Gasteiger partial charge in [0.05, 0.1) is 5.56 Å². The van der Waals surface area contributed by atoms with Crippen molar-refractivity contribution in [2.45, 2.75) is 12.5 Å². The number of carboxylic acid groups (broad SMARTS) is 1. The van der Waals surface area contributed by atoms with E-state index in [9.17, 15) is 31.1 Å².